The second-order valence-corrected chi connectivity index (χ2v) is 6.67. The maximum absolute atomic E-state index is 12.5. The molecule has 100 valence electrons. The van der Waals surface area contributed by atoms with Crippen molar-refractivity contribution in [2.45, 2.75) is 32.6 Å². The van der Waals surface area contributed by atoms with E-state index in [9.17, 15) is 4.79 Å². The van der Waals surface area contributed by atoms with E-state index in [1.165, 1.54) is 19.3 Å². The highest BCUT2D eigenvalue weighted by atomic mass is 32.1. The smallest absolute Gasteiger partial charge is 0.226 e. The third-order valence-corrected chi connectivity index (χ3v) is 5.55. The number of carbonyl (C=O) groups is 1. The number of nitrogens with two attached hydrogens (primary N) is 1. The Morgan fingerprint density at radius 1 is 1.33 bits per heavy atom. The van der Waals surface area contributed by atoms with Crippen LogP contribution in [-0.2, 0) is 4.79 Å². The molecule has 18 heavy (non-hydrogen) atoms. The Kier molecular flexibility index (Phi) is 3.08. The first-order chi connectivity index (χ1) is 8.63. The number of amides is 1. The van der Waals surface area contributed by atoms with Crippen LogP contribution in [0, 0.1) is 29.6 Å². The van der Waals surface area contributed by atoms with Crippen LogP contribution in [0.3, 0.4) is 0 Å². The zero-order valence-corrected chi connectivity index (χ0v) is 11.8. The molecule has 2 bridgehead atoms. The topological polar surface area (TPSA) is 46.3 Å². The minimum atomic E-state index is 0.350. The van der Waals surface area contributed by atoms with E-state index in [1.54, 1.807) is 0 Å². The monoisotopic (exact) mass is 266 g/mol. The fourth-order valence-corrected chi connectivity index (χ4v) is 4.63. The van der Waals surface area contributed by atoms with Gasteiger partial charge in [0.05, 0.1) is 4.99 Å². The average molecular weight is 266 g/mol. The maximum atomic E-state index is 12.5. The Bertz CT molecular complexity index is 368. The van der Waals surface area contributed by atoms with Gasteiger partial charge in [0, 0.05) is 25.4 Å². The van der Waals surface area contributed by atoms with E-state index in [1.807, 2.05) is 11.8 Å². The molecule has 0 heterocycles. The van der Waals surface area contributed by atoms with Gasteiger partial charge in [-0.1, -0.05) is 12.2 Å². The minimum absolute atomic E-state index is 0.350. The average Bonchev–Trinajstić information content (AvgIpc) is 2.78. The molecule has 3 nitrogen and oxygen atoms in total. The van der Waals surface area contributed by atoms with E-state index < -0.39 is 0 Å². The van der Waals surface area contributed by atoms with Crippen LogP contribution in [0.25, 0.3) is 0 Å². The molecule has 0 aromatic carbocycles. The summed E-state index contributed by atoms with van der Waals surface area (Å²) in [6.07, 6.45) is 4.80. The van der Waals surface area contributed by atoms with Crippen LogP contribution in [0.1, 0.15) is 32.6 Å². The van der Waals surface area contributed by atoms with Gasteiger partial charge in [0.2, 0.25) is 5.91 Å². The Morgan fingerprint density at radius 2 is 1.94 bits per heavy atom. The molecule has 0 spiro atoms. The quantitative estimate of drug-likeness (QED) is 0.772. The van der Waals surface area contributed by atoms with Crippen LogP contribution in [0.5, 0.6) is 0 Å². The molecular weight excluding hydrogens is 244 g/mol. The number of fused-ring (bicyclic) bond motifs is 5. The van der Waals surface area contributed by atoms with Gasteiger partial charge in [-0.25, -0.2) is 0 Å². The number of thiocarbonyl (C=S) groups is 1. The van der Waals surface area contributed by atoms with Crippen LogP contribution in [-0.4, -0.2) is 28.9 Å². The summed E-state index contributed by atoms with van der Waals surface area (Å²) >= 11 is 4.90. The highest BCUT2D eigenvalue weighted by Crippen LogP contribution is 2.69. The van der Waals surface area contributed by atoms with Gasteiger partial charge in [-0.05, 0) is 49.9 Å². The van der Waals surface area contributed by atoms with Gasteiger partial charge in [0.25, 0.3) is 0 Å². The summed E-state index contributed by atoms with van der Waals surface area (Å²) in [4.78, 5) is 15.0. The molecule has 2 N–H and O–H groups in total. The molecule has 3 fully saturated rings. The lowest BCUT2D eigenvalue weighted by molar-refractivity contribution is -0.133. The van der Waals surface area contributed by atoms with Crippen molar-refractivity contribution in [1.82, 2.24) is 4.90 Å². The van der Waals surface area contributed by atoms with Crippen molar-refractivity contribution < 1.29 is 4.79 Å². The minimum Gasteiger partial charge on any atom is -0.393 e. The van der Waals surface area contributed by atoms with Crippen molar-refractivity contribution in [2.75, 3.05) is 13.1 Å². The maximum Gasteiger partial charge on any atom is 0.226 e. The molecule has 1 amide bonds. The molecular formula is C14H22N2OS. The first-order valence-electron chi connectivity index (χ1n) is 7.20. The van der Waals surface area contributed by atoms with E-state index >= 15 is 0 Å². The third kappa shape index (κ3) is 1.85. The summed E-state index contributed by atoms with van der Waals surface area (Å²) in [6, 6.07) is 0. The Balaban J connectivity index is 1.59. The van der Waals surface area contributed by atoms with Crippen molar-refractivity contribution in [2.24, 2.45) is 35.3 Å². The first kappa shape index (κ1) is 12.4. The van der Waals surface area contributed by atoms with E-state index in [-0.39, 0.29) is 0 Å². The Morgan fingerprint density at radius 3 is 2.44 bits per heavy atom. The normalized spacial score (nSPS) is 39.5. The lowest BCUT2D eigenvalue weighted by Crippen LogP contribution is -2.36. The first-order valence-corrected chi connectivity index (χ1v) is 7.61. The van der Waals surface area contributed by atoms with Crippen molar-refractivity contribution in [1.29, 1.82) is 0 Å². The van der Waals surface area contributed by atoms with Crippen LogP contribution < -0.4 is 5.73 Å². The SMILES string of the molecule is CCN(CCC(N)=S)C(=O)C1C2C3CCC(C3)C12. The summed E-state index contributed by atoms with van der Waals surface area (Å²) < 4.78 is 0. The zero-order chi connectivity index (χ0) is 12.9. The van der Waals surface area contributed by atoms with E-state index in [4.69, 9.17) is 18.0 Å². The Hall–Kier alpha value is -0.640. The van der Waals surface area contributed by atoms with Crippen LogP contribution in [0.2, 0.25) is 0 Å². The second kappa shape index (κ2) is 4.48. The van der Waals surface area contributed by atoms with Gasteiger partial charge in [-0.2, -0.15) is 0 Å². The second-order valence-electron chi connectivity index (χ2n) is 6.15. The summed E-state index contributed by atoms with van der Waals surface area (Å²) in [5.74, 6) is 3.92. The van der Waals surface area contributed by atoms with Crippen molar-refractivity contribution in [3.63, 3.8) is 0 Å². The molecule has 0 aromatic rings. The lowest BCUT2D eigenvalue weighted by Gasteiger charge is -2.22. The summed E-state index contributed by atoms with van der Waals surface area (Å²) in [5.41, 5.74) is 5.53. The third-order valence-electron chi connectivity index (χ3n) is 5.34. The van der Waals surface area contributed by atoms with Crippen LogP contribution in [0.4, 0.5) is 0 Å². The van der Waals surface area contributed by atoms with Gasteiger partial charge in [-0.15, -0.1) is 0 Å². The predicted molar refractivity (Wildman–Crippen MR) is 75.0 cm³/mol. The molecule has 0 radical (unpaired) electrons. The number of nitrogens with zero attached hydrogens (tertiary/aromatic N) is 1. The molecule has 0 aromatic heterocycles. The molecule has 3 saturated carbocycles. The zero-order valence-electron chi connectivity index (χ0n) is 11.0. The fourth-order valence-electron chi connectivity index (χ4n) is 4.54. The molecule has 0 aliphatic heterocycles. The van der Waals surface area contributed by atoms with Crippen LogP contribution in [0.15, 0.2) is 0 Å². The molecule has 4 unspecified atom stereocenters. The molecule has 3 rings (SSSR count). The highest BCUT2D eigenvalue weighted by Gasteiger charge is 2.67. The molecule has 4 heteroatoms. The lowest BCUT2D eigenvalue weighted by atomic mass is 10.0. The summed E-state index contributed by atoms with van der Waals surface area (Å²) in [6.45, 7) is 3.53. The fraction of sp³-hybridized carbons (Fsp3) is 0.857. The number of hydrogen-bond donors (Lipinski definition) is 1. The number of rotatable bonds is 5. The van der Waals surface area contributed by atoms with Gasteiger partial charge in [0.15, 0.2) is 0 Å². The van der Waals surface area contributed by atoms with Crippen molar-refractivity contribution in [3.05, 3.63) is 0 Å². The molecule has 4 atom stereocenters. The summed E-state index contributed by atoms with van der Waals surface area (Å²) in [7, 11) is 0. The highest BCUT2D eigenvalue weighted by molar-refractivity contribution is 7.80. The van der Waals surface area contributed by atoms with Gasteiger partial charge in [0.1, 0.15) is 0 Å². The van der Waals surface area contributed by atoms with Gasteiger partial charge in [-0.3, -0.25) is 4.79 Å². The standard InChI is InChI=1S/C14H22N2OS/c1-2-16(6-5-10(15)18)14(17)13-11-8-3-4-9(7-8)12(11)13/h8-9,11-13H,2-7H2,1H3,(H2,15,18). The van der Waals surface area contributed by atoms with E-state index in [0.717, 1.165) is 30.2 Å². The molecule has 3 aliphatic carbocycles. The Labute approximate surface area is 114 Å². The van der Waals surface area contributed by atoms with E-state index in [0.29, 0.717) is 29.8 Å². The van der Waals surface area contributed by atoms with Gasteiger partial charge >= 0.3 is 0 Å². The van der Waals surface area contributed by atoms with Gasteiger partial charge < -0.3 is 10.6 Å². The number of carbonyl (C=O) groups excluding carboxylic acids is 1. The van der Waals surface area contributed by atoms with Crippen molar-refractivity contribution in [3.8, 4) is 0 Å². The predicted octanol–water partition coefficient (Wildman–Crippen LogP) is 1.80. The summed E-state index contributed by atoms with van der Waals surface area (Å²) in [5, 5.41) is 0. The van der Waals surface area contributed by atoms with Crippen molar-refractivity contribution >= 4 is 23.1 Å². The molecule has 3 aliphatic rings. The number of hydrogen-bond acceptors (Lipinski definition) is 2. The van der Waals surface area contributed by atoms with Crippen LogP contribution >= 0.6 is 12.2 Å². The van der Waals surface area contributed by atoms with E-state index in [2.05, 4.69) is 0 Å². The molecule has 0 saturated heterocycles. The largest absolute Gasteiger partial charge is 0.393 e.